The van der Waals surface area contributed by atoms with Crippen molar-refractivity contribution in [3.63, 3.8) is 0 Å². The number of oxime groups is 1. The summed E-state index contributed by atoms with van der Waals surface area (Å²) < 4.78 is 25.2. The summed E-state index contributed by atoms with van der Waals surface area (Å²) >= 11 is 6.16. The van der Waals surface area contributed by atoms with Crippen LogP contribution in [0.1, 0.15) is 41.0 Å². The average molecular weight is 516 g/mol. The lowest BCUT2D eigenvalue weighted by Crippen LogP contribution is -2.24. The fourth-order valence-corrected chi connectivity index (χ4v) is 4.76. The predicted molar refractivity (Wildman–Crippen MR) is 135 cm³/mol. The van der Waals surface area contributed by atoms with Gasteiger partial charge in [0, 0.05) is 54.4 Å². The van der Waals surface area contributed by atoms with Crippen LogP contribution >= 0.6 is 11.6 Å². The number of halogens is 1. The fraction of sp³-hybridized carbons (Fsp3) is 0.240. The Morgan fingerprint density at radius 1 is 1.14 bits per heavy atom. The van der Waals surface area contributed by atoms with Gasteiger partial charge in [0.15, 0.2) is 9.84 Å². The zero-order valence-electron chi connectivity index (χ0n) is 19.3. The van der Waals surface area contributed by atoms with E-state index in [0.29, 0.717) is 16.3 Å². The second-order valence-corrected chi connectivity index (χ2v) is 10.8. The molecule has 0 saturated heterocycles. The molecule has 0 radical (unpaired) electrons. The number of aryl methyl sites for hydroxylation is 2. The second-order valence-electron chi connectivity index (χ2n) is 8.31. The van der Waals surface area contributed by atoms with Gasteiger partial charge in [0.05, 0.1) is 10.6 Å². The maximum atomic E-state index is 12.2. The van der Waals surface area contributed by atoms with Gasteiger partial charge in [0.2, 0.25) is 5.91 Å². The van der Waals surface area contributed by atoms with Crippen LogP contribution in [0.5, 0.6) is 0 Å². The molecular formula is C25H26ClN3O5S. The van der Waals surface area contributed by atoms with Crippen molar-refractivity contribution in [3.05, 3.63) is 98.4 Å². The molecule has 0 fully saturated rings. The van der Waals surface area contributed by atoms with Gasteiger partial charge in [-0.25, -0.2) is 8.42 Å². The molecule has 3 rings (SSSR count). The fourth-order valence-electron chi connectivity index (χ4n) is 3.90. The highest BCUT2D eigenvalue weighted by Crippen LogP contribution is 2.33. The first-order valence-electron chi connectivity index (χ1n) is 10.8. The Morgan fingerprint density at radius 2 is 1.83 bits per heavy atom. The monoisotopic (exact) mass is 515 g/mol. The number of sulfone groups is 1. The Morgan fingerprint density at radius 3 is 2.40 bits per heavy atom. The quantitative estimate of drug-likeness (QED) is 0.256. The molecule has 10 heteroatoms. The van der Waals surface area contributed by atoms with E-state index in [4.69, 9.17) is 17.3 Å². The van der Waals surface area contributed by atoms with Crippen molar-refractivity contribution in [3.8, 4) is 0 Å². The van der Waals surface area contributed by atoms with E-state index in [2.05, 4.69) is 5.16 Å². The van der Waals surface area contributed by atoms with Crippen molar-refractivity contribution < 1.29 is 18.4 Å². The van der Waals surface area contributed by atoms with Crippen molar-refractivity contribution in [1.82, 2.24) is 4.57 Å². The number of carbonyl (C=O) groups is 1. The van der Waals surface area contributed by atoms with Gasteiger partial charge in [-0.1, -0.05) is 35.0 Å². The van der Waals surface area contributed by atoms with Crippen molar-refractivity contribution >= 4 is 33.1 Å². The molecule has 2 aromatic carbocycles. The minimum atomic E-state index is -3.36. The molecule has 3 N–H and O–H groups in total. The predicted octanol–water partition coefficient (Wildman–Crippen LogP) is 3.49. The minimum absolute atomic E-state index is 0.00571. The van der Waals surface area contributed by atoms with Crippen molar-refractivity contribution in [2.75, 3.05) is 6.26 Å². The Bertz CT molecular complexity index is 1430. The smallest absolute Gasteiger partial charge is 0.250 e. The zero-order valence-corrected chi connectivity index (χ0v) is 20.9. The summed E-state index contributed by atoms with van der Waals surface area (Å²) in [5.74, 6) is -0.841. The molecule has 0 spiro atoms. The number of nitrogens with zero attached hydrogens (tertiary/aromatic N) is 2. The van der Waals surface area contributed by atoms with E-state index in [1.807, 2.05) is 19.1 Å². The SMILES string of the molecule is Cc1cc(Cl)ccc1C(C/C(=N\O)c1ccc(=O)n(CCC(N)=O)c1)c1ccc(S(C)(=O)=O)cc1. The number of nitrogens with two attached hydrogens (primary N) is 1. The van der Waals surface area contributed by atoms with Gasteiger partial charge in [0.1, 0.15) is 0 Å². The summed E-state index contributed by atoms with van der Waals surface area (Å²) in [6.45, 7) is 2.02. The zero-order chi connectivity index (χ0) is 25.8. The Hall–Kier alpha value is -3.43. The second kappa shape index (κ2) is 10.9. The molecule has 0 aliphatic heterocycles. The number of pyridine rings is 1. The molecule has 0 bridgehead atoms. The van der Waals surface area contributed by atoms with Crippen LogP contribution in [0.15, 0.2) is 75.6 Å². The Kier molecular flexibility index (Phi) is 8.14. The topological polar surface area (TPSA) is 132 Å². The number of benzene rings is 2. The third-order valence-corrected chi connectivity index (χ3v) is 7.12. The number of aromatic nitrogens is 1. The van der Waals surface area contributed by atoms with Crippen LogP contribution < -0.4 is 11.3 Å². The molecule has 35 heavy (non-hydrogen) atoms. The number of rotatable bonds is 9. The number of hydrogen-bond donors (Lipinski definition) is 2. The van der Waals surface area contributed by atoms with Crippen LogP contribution in [0.25, 0.3) is 0 Å². The molecule has 1 aromatic heterocycles. The van der Waals surface area contributed by atoms with Crippen LogP contribution in [0, 0.1) is 6.92 Å². The van der Waals surface area contributed by atoms with Crippen molar-refractivity contribution in [2.24, 2.45) is 10.9 Å². The van der Waals surface area contributed by atoms with E-state index < -0.39 is 15.7 Å². The first-order valence-corrected chi connectivity index (χ1v) is 13.0. The molecule has 3 aromatic rings. The van der Waals surface area contributed by atoms with Gasteiger partial charge >= 0.3 is 0 Å². The van der Waals surface area contributed by atoms with E-state index in [1.54, 1.807) is 36.4 Å². The normalized spacial score (nSPS) is 12.9. The van der Waals surface area contributed by atoms with Gasteiger partial charge in [-0.05, 0) is 53.9 Å². The first-order chi connectivity index (χ1) is 16.5. The first kappa shape index (κ1) is 26.2. The molecule has 184 valence electrons. The summed E-state index contributed by atoms with van der Waals surface area (Å²) in [6.07, 6.45) is 2.91. The van der Waals surface area contributed by atoms with E-state index in [0.717, 1.165) is 22.9 Å². The summed E-state index contributed by atoms with van der Waals surface area (Å²) in [7, 11) is -3.36. The third-order valence-electron chi connectivity index (χ3n) is 5.75. The van der Waals surface area contributed by atoms with Crippen molar-refractivity contribution in [2.45, 2.75) is 37.1 Å². The number of hydrogen-bond acceptors (Lipinski definition) is 6. The molecule has 8 nitrogen and oxygen atoms in total. The van der Waals surface area contributed by atoms with E-state index in [1.165, 1.54) is 16.8 Å². The Labute approximate surface area is 208 Å². The molecule has 0 aliphatic rings. The van der Waals surface area contributed by atoms with Gasteiger partial charge in [-0.3, -0.25) is 9.59 Å². The average Bonchev–Trinajstić information content (AvgIpc) is 2.80. The van der Waals surface area contributed by atoms with Gasteiger partial charge < -0.3 is 15.5 Å². The molecular weight excluding hydrogens is 490 g/mol. The standard InChI is InChI=1S/C25H26ClN3O5S/c1-16-13-19(26)6-9-21(16)22(17-3-7-20(8-4-17)35(2,33)34)14-23(28-32)18-5-10-25(31)29(15-18)12-11-24(27)30/h3-10,13,15,22,32H,11-12,14H2,1-2H3,(H2,27,30)/b28-23+. The minimum Gasteiger partial charge on any atom is -0.411 e. The number of carbonyl (C=O) groups excluding carboxylic acids is 1. The van der Waals surface area contributed by atoms with Crippen LogP contribution in [-0.4, -0.2) is 36.1 Å². The van der Waals surface area contributed by atoms with E-state index in [9.17, 15) is 23.2 Å². The van der Waals surface area contributed by atoms with Crippen LogP contribution in [0.3, 0.4) is 0 Å². The number of amides is 1. The lowest BCUT2D eigenvalue weighted by Gasteiger charge is -2.21. The molecule has 0 aliphatic carbocycles. The summed E-state index contributed by atoms with van der Waals surface area (Å²) in [5, 5.41) is 14.0. The lowest BCUT2D eigenvalue weighted by atomic mass is 9.83. The molecule has 1 heterocycles. The highest BCUT2D eigenvalue weighted by molar-refractivity contribution is 7.90. The molecule has 0 saturated carbocycles. The maximum absolute atomic E-state index is 12.2. The molecule has 1 atom stereocenters. The van der Waals surface area contributed by atoms with Gasteiger partial charge in [-0.2, -0.15) is 0 Å². The molecule has 1 unspecified atom stereocenters. The van der Waals surface area contributed by atoms with E-state index in [-0.39, 0.29) is 35.8 Å². The van der Waals surface area contributed by atoms with Crippen molar-refractivity contribution in [1.29, 1.82) is 0 Å². The molecule has 1 amide bonds. The van der Waals surface area contributed by atoms with Gasteiger partial charge in [-0.15, -0.1) is 0 Å². The van der Waals surface area contributed by atoms with E-state index >= 15 is 0 Å². The summed E-state index contributed by atoms with van der Waals surface area (Å²) in [5.41, 5.74) is 8.35. The van der Waals surface area contributed by atoms with Gasteiger partial charge in [0.25, 0.3) is 5.56 Å². The maximum Gasteiger partial charge on any atom is 0.250 e. The third kappa shape index (κ3) is 6.58. The lowest BCUT2D eigenvalue weighted by molar-refractivity contribution is -0.118. The van der Waals surface area contributed by atoms with Crippen LogP contribution in [0.2, 0.25) is 5.02 Å². The van der Waals surface area contributed by atoms with Crippen LogP contribution in [0.4, 0.5) is 0 Å². The largest absolute Gasteiger partial charge is 0.411 e. The Balaban J connectivity index is 2.05. The number of primary amides is 1. The van der Waals surface area contributed by atoms with Crippen LogP contribution in [-0.2, 0) is 21.2 Å². The highest BCUT2D eigenvalue weighted by atomic mass is 35.5. The summed E-state index contributed by atoms with van der Waals surface area (Å²) in [4.78, 5) is 23.6. The summed E-state index contributed by atoms with van der Waals surface area (Å²) in [6, 6.07) is 14.9. The highest BCUT2D eigenvalue weighted by Gasteiger charge is 2.22.